The quantitative estimate of drug-likeness (QED) is 0.219. The third kappa shape index (κ3) is 7.02. The maximum Gasteiger partial charge on any atom is 0.345 e. The third-order valence-corrected chi connectivity index (χ3v) is 4.66. The summed E-state index contributed by atoms with van der Waals surface area (Å²) in [5, 5.41) is 27.4. The van der Waals surface area contributed by atoms with Gasteiger partial charge in [-0.1, -0.05) is 13.3 Å². The van der Waals surface area contributed by atoms with Crippen LogP contribution in [0.4, 0.5) is 21.5 Å². The Kier molecular flexibility index (Phi) is 8.81. The van der Waals surface area contributed by atoms with Crippen molar-refractivity contribution in [2.24, 2.45) is 10.2 Å². The van der Waals surface area contributed by atoms with Gasteiger partial charge in [-0.15, -0.1) is 10.2 Å². The average Bonchev–Trinajstić information content (AvgIpc) is 3.22. The number of ether oxygens (including phenoxy) is 1. The summed E-state index contributed by atoms with van der Waals surface area (Å²) in [6, 6.07) is 9.07. The molecule has 2 rings (SSSR count). The summed E-state index contributed by atoms with van der Waals surface area (Å²) < 4.78 is 5.24. The van der Waals surface area contributed by atoms with Crippen molar-refractivity contribution in [1.82, 2.24) is 4.98 Å². The molecular formula is C18H20N6O4S. The van der Waals surface area contributed by atoms with Crippen LogP contribution in [0.15, 0.2) is 40.7 Å². The summed E-state index contributed by atoms with van der Waals surface area (Å²) >= 11 is 0.844. The minimum atomic E-state index is -0.688. The number of unbranched alkanes of at least 4 members (excludes halogenated alkanes) is 1. The van der Waals surface area contributed by atoms with Gasteiger partial charge in [-0.3, -0.25) is 10.1 Å². The lowest BCUT2D eigenvalue weighted by Gasteiger charge is -2.27. The van der Waals surface area contributed by atoms with Crippen LogP contribution in [0.1, 0.15) is 19.8 Å². The molecular weight excluding hydrogens is 396 g/mol. The zero-order chi connectivity index (χ0) is 21.1. The highest BCUT2D eigenvalue weighted by Gasteiger charge is 2.15. The van der Waals surface area contributed by atoms with Gasteiger partial charge in [0.25, 0.3) is 0 Å². The van der Waals surface area contributed by atoms with E-state index >= 15 is 0 Å². The molecule has 0 amide bonds. The first-order valence-corrected chi connectivity index (χ1v) is 9.69. The van der Waals surface area contributed by atoms with Gasteiger partial charge in [0.2, 0.25) is 5.13 Å². The largest absolute Gasteiger partial charge is 0.368 e. The fourth-order valence-electron chi connectivity index (χ4n) is 2.39. The van der Waals surface area contributed by atoms with E-state index in [1.807, 2.05) is 23.1 Å². The highest BCUT2D eigenvalue weighted by molar-refractivity contribution is 7.18. The Morgan fingerprint density at radius 3 is 2.76 bits per heavy atom. The molecule has 29 heavy (non-hydrogen) atoms. The van der Waals surface area contributed by atoms with Crippen LogP contribution in [-0.2, 0) is 9.53 Å². The smallest absolute Gasteiger partial charge is 0.345 e. The fraction of sp³-hybridized carbons (Fsp3) is 0.389. The predicted octanol–water partition coefficient (Wildman–Crippen LogP) is 4.18. The second-order valence-corrected chi connectivity index (χ2v) is 6.89. The molecule has 0 radical (unpaired) electrons. The monoisotopic (exact) mass is 416 g/mol. The van der Waals surface area contributed by atoms with Crippen LogP contribution in [0, 0.1) is 21.4 Å². The minimum absolute atomic E-state index is 0.0933. The summed E-state index contributed by atoms with van der Waals surface area (Å²) in [7, 11) is 0. The first-order valence-electron chi connectivity index (χ1n) is 8.88. The van der Waals surface area contributed by atoms with Crippen molar-refractivity contribution in [2.45, 2.75) is 25.9 Å². The van der Waals surface area contributed by atoms with Gasteiger partial charge in [0.1, 0.15) is 18.9 Å². The Bertz CT molecular complexity index is 877. The topological polar surface area (TPSA) is 134 Å². The molecule has 1 heterocycles. The van der Waals surface area contributed by atoms with E-state index in [0.717, 1.165) is 42.6 Å². The Hall–Kier alpha value is -3.23. The molecule has 1 aromatic carbocycles. The van der Waals surface area contributed by atoms with E-state index in [0.29, 0.717) is 18.5 Å². The van der Waals surface area contributed by atoms with Gasteiger partial charge in [-0.05, 0) is 42.0 Å². The lowest BCUT2D eigenvalue weighted by molar-refractivity contribution is -0.380. The van der Waals surface area contributed by atoms with E-state index in [4.69, 9.17) is 10.00 Å². The first kappa shape index (κ1) is 22.1. The molecule has 0 N–H and O–H groups in total. The lowest BCUT2D eigenvalue weighted by atomic mass is 10.2. The molecule has 11 heteroatoms. The lowest BCUT2D eigenvalue weighted by Crippen LogP contribution is -2.35. The van der Waals surface area contributed by atoms with E-state index < -0.39 is 11.0 Å². The van der Waals surface area contributed by atoms with Gasteiger partial charge in [0.05, 0.1) is 23.2 Å². The van der Waals surface area contributed by atoms with Crippen molar-refractivity contribution >= 4 is 39.1 Å². The number of benzene rings is 1. The zero-order valence-corrected chi connectivity index (χ0v) is 16.6. The Morgan fingerprint density at radius 1 is 1.41 bits per heavy atom. The maximum atomic E-state index is 11.2. The van der Waals surface area contributed by atoms with Gasteiger partial charge in [0, 0.05) is 12.2 Å². The SMILES string of the molecule is CCCCN(CC(C=O)OCC#N)c1ccc(N=Nc2ncc([N+](=O)[O-])s2)cc1. The molecule has 0 spiro atoms. The van der Waals surface area contributed by atoms with Crippen LogP contribution in [0.2, 0.25) is 0 Å². The van der Waals surface area contributed by atoms with Crippen molar-refractivity contribution < 1.29 is 14.5 Å². The number of aldehydes is 1. The number of hydrogen-bond donors (Lipinski definition) is 0. The van der Waals surface area contributed by atoms with Crippen LogP contribution in [-0.4, -0.2) is 42.0 Å². The van der Waals surface area contributed by atoms with Gasteiger partial charge in [-0.25, -0.2) is 4.98 Å². The van der Waals surface area contributed by atoms with Crippen molar-refractivity contribution in [3.63, 3.8) is 0 Å². The van der Waals surface area contributed by atoms with Crippen molar-refractivity contribution in [3.8, 4) is 6.07 Å². The molecule has 152 valence electrons. The molecule has 0 fully saturated rings. The number of rotatable bonds is 12. The zero-order valence-electron chi connectivity index (χ0n) is 15.8. The number of carbonyl (C=O) groups excluding carboxylic acids is 1. The highest BCUT2D eigenvalue weighted by Crippen LogP contribution is 2.29. The molecule has 1 aromatic heterocycles. The van der Waals surface area contributed by atoms with Crippen LogP contribution in [0.25, 0.3) is 0 Å². The number of nitriles is 1. The summed E-state index contributed by atoms with van der Waals surface area (Å²) in [6.07, 6.45) is 3.09. The number of carbonyl (C=O) groups is 1. The van der Waals surface area contributed by atoms with Crippen LogP contribution < -0.4 is 4.90 Å². The van der Waals surface area contributed by atoms with Crippen LogP contribution in [0.5, 0.6) is 0 Å². The van der Waals surface area contributed by atoms with Crippen molar-refractivity contribution in [1.29, 1.82) is 5.26 Å². The Balaban J connectivity index is 2.08. The normalized spacial score (nSPS) is 11.9. The van der Waals surface area contributed by atoms with E-state index in [2.05, 4.69) is 22.1 Å². The molecule has 0 aliphatic rings. The van der Waals surface area contributed by atoms with Gasteiger partial charge in [-0.2, -0.15) is 5.26 Å². The third-order valence-electron chi connectivity index (χ3n) is 3.82. The van der Waals surface area contributed by atoms with E-state index in [1.54, 1.807) is 12.1 Å². The number of aromatic nitrogens is 1. The summed E-state index contributed by atoms with van der Waals surface area (Å²) in [6.45, 7) is 3.02. The number of anilines is 1. The molecule has 1 unspecified atom stereocenters. The Labute approximate surface area is 171 Å². The summed E-state index contributed by atoms with van der Waals surface area (Å²) in [5.41, 5.74) is 1.45. The molecule has 0 saturated carbocycles. The summed E-state index contributed by atoms with van der Waals surface area (Å²) in [5.74, 6) is 0. The number of thiazole rings is 1. The molecule has 1 atom stereocenters. The minimum Gasteiger partial charge on any atom is -0.368 e. The highest BCUT2D eigenvalue weighted by atomic mass is 32.1. The van der Waals surface area contributed by atoms with Crippen LogP contribution >= 0.6 is 11.3 Å². The molecule has 0 saturated heterocycles. The fourth-order valence-corrected chi connectivity index (χ4v) is 2.94. The number of nitrogens with zero attached hydrogens (tertiary/aromatic N) is 6. The van der Waals surface area contributed by atoms with E-state index in [1.165, 1.54) is 0 Å². The average molecular weight is 416 g/mol. The predicted molar refractivity (Wildman–Crippen MR) is 108 cm³/mol. The first-order chi connectivity index (χ1) is 14.1. The maximum absolute atomic E-state index is 11.2. The number of nitro groups is 1. The molecule has 10 nitrogen and oxygen atoms in total. The molecule has 2 aromatic rings. The second kappa shape index (κ2) is 11.6. The molecule has 0 bridgehead atoms. The summed E-state index contributed by atoms with van der Waals surface area (Å²) in [4.78, 5) is 27.2. The molecule has 0 aliphatic carbocycles. The van der Waals surface area contributed by atoms with Crippen molar-refractivity contribution in [3.05, 3.63) is 40.6 Å². The van der Waals surface area contributed by atoms with Gasteiger partial charge >= 0.3 is 5.00 Å². The van der Waals surface area contributed by atoms with Crippen LogP contribution in [0.3, 0.4) is 0 Å². The van der Waals surface area contributed by atoms with Crippen molar-refractivity contribution in [2.75, 3.05) is 24.6 Å². The van der Waals surface area contributed by atoms with E-state index in [-0.39, 0.29) is 16.7 Å². The Morgan fingerprint density at radius 2 is 2.17 bits per heavy atom. The van der Waals surface area contributed by atoms with Gasteiger partial charge in [0.15, 0.2) is 6.29 Å². The number of azo groups is 1. The molecule has 0 aliphatic heterocycles. The van der Waals surface area contributed by atoms with E-state index in [9.17, 15) is 14.9 Å². The standard InChI is InChI=1S/C18H20N6O4S/c1-2-3-9-23(12-16(13-25)28-10-8-19)15-6-4-14(5-7-15)21-22-18-20-11-17(29-18)24(26)27/h4-7,11,13,16H,2-3,9-10,12H2,1H3. The second-order valence-electron chi connectivity index (χ2n) is 5.90. The van der Waals surface area contributed by atoms with Gasteiger partial charge < -0.3 is 14.4 Å². The number of hydrogen-bond acceptors (Lipinski definition) is 10.